The van der Waals surface area contributed by atoms with Gasteiger partial charge >= 0.3 is 0 Å². The van der Waals surface area contributed by atoms with Crippen LogP contribution in [0.1, 0.15) is 17.4 Å². The second kappa shape index (κ2) is 4.97. The van der Waals surface area contributed by atoms with Crippen molar-refractivity contribution in [2.24, 2.45) is 5.84 Å². The third kappa shape index (κ3) is 2.31. The van der Waals surface area contributed by atoms with Crippen molar-refractivity contribution in [3.05, 3.63) is 59.3 Å². The number of halogens is 1. The minimum atomic E-state index is -0.299. The summed E-state index contributed by atoms with van der Waals surface area (Å²) in [5, 5.41) is 1.60. The summed E-state index contributed by atoms with van der Waals surface area (Å²) in [4.78, 5) is 7.96. The molecule has 3 N–H and O–H groups in total. The highest BCUT2D eigenvalue weighted by atomic mass is 35.5. The van der Waals surface area contributed by atoms with Gasteiger partial charge in [0.25, 0.3) is 0 Å². The van der Waals surface area contributed by atoms with E-state index in [1.807, 2.05) is 18.2 Å². The first-order valence-corrected chi connectivity index (χ1v) is 6.06. The van der Waals surface area contributed by atoms with E-state index in [0.29, 0.717) is 10.8 Å². The minimum Gasteiger partial charge on any atom is -0.459 e. The fourth-order valence-corrected chi connectivity index (χ4v) is 2.16. The van der Waals surface area contributed by atoms with E-state index >= 15 is 0 Å². The number of hydrogen-bond acceptors (Lipinski definition) is 5. The molecule has 0 saturated carbocycles. The van der Waals surface area contributed by atoms with Gasteiger partial charge in [-0.1, -0.05) is 11.6 Å². The molecule has 0 aliphatic rings. The standard InChI is InChI=1S/C13H11ClN4O/c14-10-1-2-11-8(3-10)4-12(19-11)13(18-15)9-5-16-7-17-6-9/h1-7,13,18H,15H2. The van der Waals surface area contributed by atoms with E-state index in [1.54, 1.807) is 18.5 Å². The summed E-state index contributed by atoms with van der Waals surface area (Å²) in [5.74, 6) is 6.29. The van der Waals surface area contributed by atoms with E-state index in [-0.39, 0.29) is 6.04 Å². The zero-order valence-corrected chi connectivity index (χ0v) is 10.6. The largest absolute Gasteiger partial charge is 0.459 e. The molecule has 5 nitrogen and oxygen atoms in total. The Morgan fingerprint density at radius 3 is 2.74 bits per heavy atom. The molecule has 1 atom stereocenters. The molecule has 0 amide bonds. The summed E-state index contributed by atoms with van der Waals surface area (Å²) < 4.78 is 5.77. The van der Waals surface area contributed by atoms with Gasteiger partial charge in [0.15, 0.2) is 0 Å². The van der Waals surface area contributed by atoms with Crippen molar-refractivity contribution in [1.82, 2.24) is 15.4 Å². The average Bonchev–Trinajstić information content (AvgIpc) is 2.83. The molecule has 0 bridgehead atoms. The number of aromatic nitrogens is 2. The van der Waals surface area contributed by atoms with Gasteiger partial charge < -0.3 is 4.42 Å². The number of furan rings is 1. The van der Waals surface area contributed by atoms with Crippen LogP contribution in [0, 0.1) is 0 Å². The van der Waals surface area contributed by atoms with Crippen LogP contribution in [0.4, 0.5) is 0 Å². The number of nitrogens with two attached hydrogens (primary N) is 1. The number of hydrogen-bond donors (Lipinski definition) is 2. The molecule has 6 heteroatoms. The fraction of sp³-hybridized carbons (Fsp3) is 0.0769. The first-order chi connectivity index (χ1) is 9.28. The quantitative estimate of drug-likeness (QED) is 0.567. The lowest BCUT2D eigenvalue weighted by atomic mass is 10.1. The Bertz CT molecular complexity index is 698. The predicted molar refractivity (Wildman–Crippen MR) is 72.4 cm³/mol. The van der Waals surface area contributed by atoms with E-state index in [4.69, 9.17) is 21.9 Å². The Labute approximate surface area is 114 Å². The number of fused-ring (bicyclic) bond motifs is 1. The van der Waals surface area contributed by atoms with Crippen LogP contribution in [0.15, 0.2) is 47.4 Å². The summed E-state index contributed by atoms with van der Waals surface area (Å²) >= 11 is 5.96. The van der Waals surface area contributed by atoms with Gasteiger partial charge in [-0.25, -0.2) is 15.4 Å². The number of benzene rings is 1. The molecule has 0 spiro atoms. The summed E-state index contributed by atoms with van der Waals surface area (Å²) in [6.45, 7) is 0. The lowest BCUT2D eigenvalue weighted by Crippen LogP contribution is -2.28. The van der Waals surface area contributed by atoms with E-state index in [0.717, 1.165) is 16.5 Å². The third-order valence-corrected chi connectivity index (χ3v) is 3.10. The fourth-order valence-electron chi connectivity index (χ4n) is 1.98. The van der Waals surface area contributed by atoms with Gasteiger partial charge in [0, 0.05) is 28.4 Å². The monoisotopic (exact) mass is 274 g/mol. The van der Waals surface area contributed by atoms with Crippen LogP contribution in [0.2, 0.25) is 5.02 Å². The van der Waals surface area contributed by atoms with Crippen LogP contribution in [-0.4, -0.2) is 9.97 Å². The summed E-state index contributed by atoms with van der Waals surface area (Å²) in [6, 6.07) is 7.06. The number of nitrogens with zero attached hydrogens (tertiary/aromatic N) is 2. The lowest BCUT2D eigenvalue weighted by molar-refractivity contribution is 0.476. The molecule has 2 heterocycles. The van der Waals surface area contributed by atoms with Crippen molar-refractivity contribution in [2.75, 3.05) is 0 Å². The number of hydrazine groups is 1. The highest BCUT2D eigenvalue weighted by molar-refractivity contribution is 6.31. The van der Waals surface area contributed by atoms with Gasteiger partial charge in [0.05, 0.1) is 0 Å². The van der Waals surface area contributed by atoms with E-state index in [9.17, 15) is 0 Å². The van der Waals surface area contributed by atoms with Gasteiger partial charge in [-0.2, -0.15) is 0 Å². The summed E-state index contributed by atoms with van der Waals surface area (Å²) in [6.07, 6.45) is 4.85. The van der Waals surface area contributed by atoms with Crippen molar-refractivity contribution in [1.29, 1.82) is 0 Å². The summed E-state index contributed by atoms with van der Waals surface area (Å²) in [5.41, 5.74) is 4.29. The normalized spacial score (nSPS) is 12.7. The van der Waals surface area contributed by atoms with Crippen molar-refractivity contribution in [2.45, 2.75) is 6.04 Å². The zero-order chi connectivity index (χ0) is 13.2. The molecule has 1 unspecified atom stereocenters. The second-order valence-electron chi connectivity index (χ2n) is 4.10. The molecule has 2 aromatic heterocycles. The van der Waals surface area contributed by atoms with Gasteiger partial charge in [0.2, 0.25) is 0 Å². The lowest BCUT2D eigenvalue weighted by Gasteiger charge is -2.12. The first kappa shape index (κ1) is 12.1. The van der Waals surface area contributed by atoms with Crippen LogP contribution in [0.25, 0.3) is 11.0 Å². The van der Waals surface area contributed by atoms with Gasteiger partial charge in [0.1, 0.15) is 23.7 Å². The molecule has 0 aliphatic heterocycles. The molecule has 1 aromatic carbocycles. The first-order valence-electron chi connectivity index (χ1n) is 5.68. The Hall–Kier alpha value is -1.95. The second-order valence-corrected chi connectivity index (χ2v) is 4.54. The maximum absolute atomic E-state index is 5.96. The SMILES string of the molecule is NNC(c1cncnc1)c1cc2cc(Cl)ccc2o1. The third-order valence-electron chi connectivity index (χ3n) is 2.86. The van der Waals surface area contributed by atoms with Crippen LogP contribution in [-0.2, 0) is 0 Å². The van der Waals surface area contributed by atoms with Crippen molar-refractivity contribution in [3.63, 3.8) is 0 Å². The molecule has 0 radical (unpaired) electrons. The molecule has 96 valence electrons. The van der Waals surface area contributed by atoms with E-state index in [2.05, 4.69) is 15.4 Å². The van der Waals surface area contributed by atoms with Crippen molar-refractivity contribution < 1.29 is 4.42 Å². The molecule has 19 heavy (non-hydrogen) atoms. The molecular formula is C13H11ClN4O. The molecule has 3 rings (SSSR count). The molecule has 0 saturated heterocycles. The summed E-state index contributed by atoms with van der Waals surface area (Å²) in [7, 11) is 0. The maximum Gasteiger partial charge on any atom is 0.134 e. The molecular weight excluding hydrogens is 264 g/mol. The van der Waals surface area contributed by atoms with Crippen LogP contribution in [0.5, 0.6) is 0 Å². The Morgan fingerprint density at radius 2 is 2.00 bits per heavy atom. The highest BCUT2D eigenvalue weighted by Gasteiger charge is 2.17. The number of nitrogens with one attached hydrogen (secondary N) is 1. The topological polar surface area (TPSA) is 77.0 Å². The van der Waals surface area contributed by atoms with Gasteiger partial charge in [-0.15, -0.1) is 0 Å². The maximum atomic E-state index is 5.96. The Morgan fingerprint density at radius 1 is 1.21 bits per heavy atom. The zero-order valence-electron chi connectivity index (χ0n) is 9.88. The molecule has 3 aromatic rings. The molecule has 0 aliphatic carbocycles. The van der Waals surface area contributed by atoms with Crippen LogP contribution < -0.4 is 11.3 Å². The smallest absolute Gasteiger partial charge is 0.134 e. The highest BCUT2D eigenvalue weighted by Crippen LogP contribution is 2.28. The average molecular weight is 275 g/mol. The molecule has 0 fully saturated rings. The van der Waals surface area contributed by atoms with Crippen molar-refractivity contribution in [3.8, 4) is 0 Å². The Balaban J connectivity index is 2.07. The number of rotatable bonds is 3. The van der Waals surface area contributed by atoms with Gasteiger partial charge in [-0.3, -0.25) is 5.84 Å². The van der Waals surface area contributed by atoms with Crippen molar-refractivity contribution >= 4 is 22.6 Å². The van der Waals surface area contributed by atoms with Gasteiger partial charge in [-0.05, 0) is 24.3 Å². The van der Waals surface area contributed by atoms with Crippen LogP contribution >= 0.6 is 11.6 Å². The predicted octanol–water partition coefficient (Wildman–Crippen LogP) is 2.43. The Kier molecular flexibility index (Phi) is 3.16. The van der Waals surface area contributed by atoms with Crippen LogP contribution in [0.3, 0.4) is 0 Å². The van der Waals surface area contributed by atoms with E-state index < -0.39 is 0 Å². The van der Waals surface area contributed by atoms with E-state index in [1.165, 1.54) is 6.33 Å². The minimum absolute atomic E-state index is 0.299.